The molecule has 0 aromatic rings. The van der Waals surface area contributed by atoms with Crippen molar-refractivity contribution in [2.24, 2.45) is 0 Å². The molecule has 0 radical (unpaired) electrons. The van der Waals surface area contributed by atoms with Gasteiger partial charge in [0.1, 0.15) is 0 Å². The first kappa shape index (κ1) is 21.5. The summed E-state index contributed by atoms with van der Waals surface area (Å²) in [7, 11) is -2.80. The van der Waals surface area contributed by atoms with E-state index in [1.165, 1.54) is 0 Å². The molecule has 16 heavy (non-hydrogen) atoms. The van der Waals surface area contributed by atoms with Gasteiger partial charge in [-0.05, 0) is 38.7 Å². The summed E-state index contributed by atoms with van der Waals surface area (Å²) in [6, 6.07) is 0. The van der Waals surface area contributed by atoms with Crippen LogP contribution in [0.1, 0.15) is 41.5 Å². The van der Waals surface area contributed by atoms with Gasteiger partial charge in [0.25, 0.3) is 0 Å². The average molecular weight is 271 g/mol. The van der Waals surface area contributed by atoms with Gasteiger partial charge < -0.3 is 17.7 Å². The maximum atomic E-state index is 5.42. The molecule has 4 nitrogen and oxygen atoms in total. The minimum absolute atomic E-state index is 0. The van der Waals surface area contributed by atoms with E-state index in [2.05, 4.69) is 0 Å². The van der Waals surface area contributed by atoms with Gasteiger partial charge in [0.15, 0.2) is 0 Å². The van der Waals surface area contributed by atoms with E-state index in [0.29, 0.717) is 26.4 Å². The van der Waals surface area contributed by atoms with Gasteiger partial charge in [0, 0.05) is 26.4 Å². The van der Waals surface area contributed by atoms with Crippen molar-refractivity contribution in [3.05, 3.63) is 0 Å². The van der Waals surface area contributed by atoms with Crippen molar-refractivity contribution < 1.29 is 17.7 Å². The number of rotatable bonds is 8. The van der Waals surface area contributed by atoms with Crippen molar-refractivity contribution in [3.63, 3.8) is 0 Å². The predicted molar refractivity (Wildman–Crippen MR) is 74.9 cm³/mol. The van der Waals surface area contributed by atoms with E-state index < -0.39 is 9.05 Å². The van der Waals surface area contributed by atoms with Crippen molar-refractivity contribution >= 4 is 20.0 Å². The lowest BCUT2D eigenvalue weighted by atomic mass is 10.9. The highest BCUT2D eigenvalue weighted by Gasteiger charge is 2.44. The molecule has 0 spiro atoms. The average Bonchev–Trinajstić information content (AvgIpc) is 2.22. The SMILES string of the molecule is CC.CCO[Si](OCC)(OCC)OCC.[SiH4]. The molecule has 0 unspecified atom stereocenters. The Bertz CT molecular complexity index is 95.9. The summed E-state index contributed by atoms with van der Waals surface area (Å²) in [4.78, 5) is 0. The van der Waals surface area contributed by atoms with Crippen molar-refractivity contribution in [2.45, 2.75) is 41.5 Å². The van der Waals surface area contributed by atoms with Gasteiger partial charge in [0.2, 0.25) is 0 Å². The van der Waals surface area contributed by atoms with Crippen LogP contribution >= 0.6 is 0 Å². The minimum atomic E-state index is -2.80. The summed E-state index contributed by atoms with van der Waals surface area (Å²) in [6.07, 6.45) is 0. The molecule has 0 bridgehead atoms. The largest absolute Gasteiger partial charge is 0.679 e. The lowest BCUT2D eigenvalue weighted by molar-refractivity contribution is -0.0247. The molecule has 0 aliphatic rings. The zero-order valence-electron chi connectivity index (χ0n) is 11.0. The van der Waals surface area contributed by atoms with Gasteiger partial charge in [-0.15, -0.1) is 0 Å². The van der Waals surface area contributed by atoms with Crippen LogP contribution in [0.5, 0.6) is 0 Å². The van der Waals surface area contributed by atoms with E-state index in [0.717, 1.165) is 0 Å². The predicted octanol–water partition coefficient (Wildman–Crippen LogP) is 1.14. The summed E-state index contributed by atoms with van der Waals surface area (Å²) < 4.78 is 21.7. The molecule has 0 amide bonds. The number of hydrogen-bond acceptors (Lipinski definition) is 4. The third kappa shape index (κ3) is 9.50. The summed E-state index contributed by atoms with van der Waals surface area (Å²) >= 11 is 0. The Morgan fingerprint density at radius 3 is 0.938 bits per heavy atom. The van der Waals surface area contributed by atoms with Gasteiger partial charge in [-0.1, -0.05) is 13.8 Å². The molecule has 0 aromatic carbocycles. The van der Waals surface area contributed by atoms with Crippen LogP contribution in [0.2, 0.25) is 0 Å². The van der Waals surface area contributed by atoms with Gasteiger partial charge in [0.05, 0.1) is 0 Å². The molecule has 0 saturated heterocycles. The molecule has 0 saturated carbocycles. The highest BCUT2D eigenvalue weighted by molar-refractivity contribution is 6.53. The fourth-order valence-electron chi connectivity index (χ4n) is 0.957. The second-order valence-corrected chi connectivity index (χ2v) is 4.39. The molecule has 0 aromatic heterocycles. The Morgan fingerprint density at radius 2 is 0.812 bits per heavy atom. The van der Waals surface area contributed by atoms with Crippen LogP contribution in [-0.4, -0.2) is 46.4 Å². The summed E-state index contributed by atoms with van der Waals surface area (Å²) in [6.45, 7) is 13.8. The summed E-state index contributed by atoms with van der Waals surface area (Å²) in [5.41, 5.74) is 0. The lowest BCUT2D eigenvalue weighted by Crippen LogP contribution is -2.49. The Kier molecular flexibility index (Phi) is 20.6. The maximum absolute atomic E-state index is 5.42. The molecular formula is C10H30O4Si2. The van der Waals surface area contributed by atoms with Crippen LogP contribution in [0.4, 0.5) is 0 Å². The third-order valence-electron chi connectivity index (χ3n) is 1.28. The molecule has 0 fully saturated rings. The van der Waals surface area contributed by atoms with E-state index >= 15 is 0 Å². The zero-order chi connectivity index (χ0) is 12.2. The topological polar surface area (TPSA) is 36.9 Å². The smallest absolute Gasteiger partial charge is 0.351 e. The van der Waals surface area contributed by atoms with E-state index in [1.54, 1.807) is 0 Å². The van der Waals surface area contributed by atoms with E-state index in [-0.39, 0.29) is 11.0 Å². The molecular weight excluding hydrogens is 240 g/mol. The Morgan fingerprint density at radius 1 is 0.625 bits per heavy atom. The Balaban J connectivity index is -0.000000529. The standard InChI is InChI=1S/C8H20O4Si.C2H6.H4Si/c1-5-9-13(10-6-2,11-7-3)12-8-4;1-2;/h5-8H2,1-4H3;1-2H3;1H4. The fourth-order valence-corrected chi connectivity index (χ4v) is 2.87. The first-order valence-corrected chi connectivity index (χ1v) is 7.43. The summed E-state index contributed by atoms with van der Waals surface area (Å²) in [5, 5.41) is 0. The monoisotopic (exact) mass is 270 g/mol. The molecule has 0 heterocycles. The highest BCUT2D eigenvalue weighted by Crippen LogP contribution is 2.11. The fraction of sp³-hybridized carbons (Fsp3) is 1.00. The Labute approximate surface area is 106 Å². The van der Waals surface area contributed by atoms with Crippen LogP contribution in [0.3, 0.4) is 0 Å². The van der Waals surface area contributed by atoms with E-state index in [9.17, 15) is 0 Å². The molecule has 0 atom stereocenters. The Hall–Kier alpha value is 0.274. The van der Waals surface area contributed by atoms with Crippen LogP contribution in [0.25, 0.3) is 0 Å². The first-order chi connectivity index (χ1) is 7.24. The first-order valence-electron chi connectivity index (χ1n) is 5.80. The molecule has 102 valence electrons. The van der Waals surface area contributed by atoms with Crippen molar-refractivity contribution in [1.82, 2.24) is 0 Å². The molecule has 0 aliphatic heterocycles. The molecule has 6 heteroatoms. The third-order valence-corrected chi connectivity index (χ3v) is 3.85. The van der Waals surface area contributed by atoms with Gasteiger partial charge in [-0.25, -0.2) is 0 Å². The van der Waals surface area contributed by atoms with E-state index in [1.807, 2.05) is 41.5 Å². The van der Waals surface area contributed by atoms with Gasteiger partial charge in [-0.2, -0.15) is 0 Å². The number of hydrogen-bond donors (Lipinski definition) is 0. The van der Waals surface area contributed by atoms with Crippen LogP contribution in [-0.2, 0) is 17.7 Å². The minimum Gasteiger partial charge on any atom is -0.351 e. The normalized spacial score (nSPS) is 10.1. The van der Waals surface area contributed by atoms with Crippen LogP contribution in [0, 0.1) is 0 Å². The summed E-state index contributed by atoms with van der Waals surface area (Å²) in [5.74, 6) is 0. The lowest BCUT2D eigenvalue weighted by Gasteiger charge is -2.26. The zero-order valence-corrected chi connectivity index (χ0v) is 12.0. The van der Waals surface area contributed by atoms with Crippen molar-refractivity contribution in [2.75, 3.05) is 26.4 Å². The van der Waals surface area contributed by atoms with Gasteiger partial charge >= 0.3 is 9.05 Å². The second kappa shape index (κ2) is 15.3. The van der Waals surface area contributed by atoms with Crippen LogP contribution < -0.4 is 0 Å². The molecule has 0 N–H and O–H groups in total. The maximum Gasteiger partial charge on any atom is 0.679 e. The van der Waals surface area contributed by atoms with Gasteiger partial charge in [-0.3, -0.25) is 0 Å². The van der Waals surface area contributed by atoms with Crippen molar-refractivity contribution in [3.8, 4) is 0 Å². The van der Waals surface area contributed by atoms with Crippen LogP contribution in [0.15, 0.2) is 0 Å². The second-order valence-electron chi connectivity index (χ2n) is 2.23. The highest BCUT2D eigenvalue weighted by atomic mass is 28.4. The molecule has 0 aliphatic carbocycles. The molecule has 0 rings (SSSR count). The van der Waals surface area contributed by atoms with E-state index in [4.69, 9.17) is 17.7 Å². The van der Waals surface area contributed by atoms with Crippen molar-refractivity contribution in [1.29, 1.82) is 0 Å². The quantitative estimate of drug-likeness (QED) is 0.620.